The van der Waals surface area contributed by atoms with Crippen LogP contribution in [0.3, 0.4) is 0 Å². The van der Waals surface area contributed by atoms with Gasteiger partial charge < -0.3 is 16.2 Å². The quantitative estimate of drug-likeness (QED) is 0.0411. The van der Waals surface area contributed by atoms with Gasteiger partial charge in [-0.2, -0.15) is 26.2 Å². The van der Waals surface area contributed by atoms with E-state index in [-0.39, 0.29) is 16.5 Å². The fourth-order valence-corrected chi connectivity index (χ4v) is 8.72. The Morgan fingerprint density at radius 3 is 0.871 bits per heavy atom. The van der Waals surface area contributed by atoms with Crippen molar-refractivity contribution in [3.05, 3.63) is 96.1 Å². The maximum atomic E-state index is 12.8. The summed E-state index contributed by atoms with van der Waals surface area (Å²) in [7, 11) is 0. The molecule has 0 amide bonds. The predicted octanol–water partition coefficient (Wildman–Crippen LogP) is 18.5. The minimum absolute atomic E-state index is 0. The molecule has 0 atom stereocenters. The molecule has 356 valence electrons. The molecule has 0 aliphatic carbocycles. The molecule has 62 heavy (non-hydrogen) atoms. The first-order valence-electron chi connectivity index (χ1n) is 26.3. The van der Waals surface area contributed by atoms with Crippen LogP contribution >= 0.6 is 0 Å². The topological polar surface area (TPSA) is 53.5 Å². The summed E-state index contributed by atoms with van der Waals surface area (Å²) in [4.78, 5) is 0. The Hall–Kier alpha value is -2.07. The van der Waals surface area contributed by atoms with E-state index < -0.39 is 0 Å². The van der Waals surface area contributed by atoms with Gasteiger partial charge in [0.15, 0.2) is 0 Å². The van der Waals surface area contributed by atoms with E-state index in [0.717, 1.165) is 88.9 Å². The Kier molecular flexibility index (Phi) is 37.0. The second-order valence-corrected chi connectivity index (χ2v) is 17.4. The summed E-state index contributed by atoms with van der Waals surface area (Å²) >= 11 is 0. The van der Waals surface area contributed by atoms with Gasteiger partial charge in [0.05, 0.1) is 0 Å². The molecule has 5 heteroatoms. The summed E-state index contributed by atoms with van der Waals surface area (Å²) in [6.07, 6.45) is 29.5. The summed E-state index contributed by atoms with van der Waals surface area (Å²) in [5.41, 5.74) is 29.6. The molecule has 4 nitrogen and oxygen atoms in total. The van der Waals surface area contributed by atoms with Gasteiger partial charge in [0.1, 0.15) is 0 Å². The van der Waals surface area contributed by atoms with Gasteiger partial charge >= 0.3 is 16.5 Å². The molecule has 1 aliphatic heterocycles. The van der Waals surface area contributed by atoms with Crippen molar-refractivity contribution in [3.8, 4) is 0 Å². The standard InChI is InChI=1S/C49H78N2.2C4H10N.Ni/c1-9-17-25-33-47-46(32-24-16-8)48(42-34-38(26-18-10-2)44(30-22-14-6)39(35-42)27-19-11-3)51(50)49(47)43-36-40(28-20-12-4)45(31-23-15-7)41(37-43)29-21-13-5;2*1-3-5-4-2;/h34-37H,9-33H2,1-8H3;2*3-4H2,1-2H3;/q;2*-1;+2. The molecular formula is C57H98N4Ni. The van der Waals surface area contributed by atoms with Crippen LogP contribution in [0.2, 0.25) is 0 Å². The molecule has 0 N–H and O–H groups in total. The Balaban J connectivity index is 0.00000302. The van der Waals surface area contributed by atoms with E-state index in [9.17, 15) is 5.53 Å². The molecule has 0 bridgehead atoms. The monoisotopic (exact) mass is 897 g/mol. The van der Waals surface area contributed by atoms with E-state index >= 15 is 0 Å². The van der Waals surface area contributed by atoms with Crippen molar-refractivity contribution in [1.29, 1.82) is 0 Å². The Morgan fingerprint density at radius 1 is 0.355 bits per heavy atom. The number of rotatable bonds is 31. The van der Waals surface area contributed by atoms with Gasteiger partial charge in [0.2, 0.25) is 11.4 Å². The van der Waals surface area contributed by atoms with Crippen LogP contribution in [-0.2, 0) is 55.0 Å². The van der Waals surface area contributed by atoms with E-state index in [1.807, 2.05) is 27.7 Å². The largest absolute Gasteiger partial charge is 2.00 e. The fraction of sp³-hybridized carbons (Fsp3) is 0.719. The average molecular weight is 898 g/mol. The van der Waals surface area contributed by atoms with Crippen LogP contribution in [0.1, 0.15) is 250 Å². The smallest absolute Gasteiger partial charge is 0.663 e. The molecule has 0 saturated heterocycles. The zero-order chi connectivity index (χ0) is 45.3. The zero-order valence-electron chi connectivity index (χ0n) is 42.9. The third-order valence-electron chi connectivity index (χ3n) is 12.2. The summed E-state index contributed by atoms with van der Waals surface area (Å²) in [6, 6.07) is 10.1. The molecule has 3 rings (SSSR count). The van der Waals surface area contributed by atoms with Gasteiger partial charge in [0.25, 0.3) is 0 Å². The van der Waals surface area contributed by atoms with Gasteiger partial charge in [-0.3, -0.25) is 0 Å². The van der Waals surface area contributed by atoms with Gasteiger partial charge in [0, 0.05) is 22.3 Å². The molecule has 0 unspecified atom stereocenters. The van der Waals surface area contributed by atoms with E-state index in [0.29, 0.717) is 0 Å². The summed E-state index contributed by atoms with van der Waals surface area (Å²) in [5.74, 6) is 0. The molecular weight excluding hydrogens is 799 g/mol. The molecule has 0 saturated carbocycles. The summed E-state index contributed by atoms with van der Waals surface area (Å²) < 4.78 is 1.70. The first kappa shape index (κ1) is 59.9. The second kappa shape index (κ2) is 38.2. The molecule has 0 aromatic heterocycles. The van der Waals surface area contributed by atoms with Crippen LogP contribution in [0, 0.1) is 0 Å². The van der Waals surface area contributed by atoms with Crippen LogP contribution < -0.4 is 0 Å². The van der Waals surface area contributed by atoms with E-state index in [1.165, 1.54) is 154 Å². The number of hydrogen-bond acceptors (Lipinski definition) is 0. The first-order valence-corrected chi connectivity index (χ1v) is 26.3. The normalized spacial score (nSPS) is 12.4. The summed E-state index contributed by atoms with van der Waals surface area (Å²) in [6.45, 7) is 30.6. The van der Waals surface area contributed by atoms with Gasteiger partial charge in [-0.15, -0.1) is 0 Å². The number of benzene rings is 2. The van der Waals surface area contributed by atoms with E-state index in [4.69, 9.17) is 0 Å². The Labute approximate surface area is 396 Å². The van der Waals surface area contributed by atoms with Crippen LogP contribution in [0.15, 0.2) is 35.4 Å². The molecule has 2 aromatic carbocycles. The number of nitrogens with zero attached hydrogens (tertiary/aromatic N) is 4. The predicted molar refractivity (Wildman–Crippen MR) is 275 cm³/mol. The van der Waals surface area contributed by atoms with Crippen molar-refractivity contribution in [2.24, 2.45) is 0 Å². The zero-order valence-corrected chi connectivity index (χ0v) is 43.9. The number of allylic oxidation sites excluding steroid dienone is 2. The molecule has 1 aliphatic rings. The van der Waals surface area contributed by atoms with E-state index in [2.05, 4.69) is 90.3 Å². The first-order chi connectivity index (χ1) is 29.8. The second-order valence-electron chi connectivity index (χ2n) is 17.4. The molecule has 0 radical (unpaired) electrons. The van der Waals surface area contributed by atoms with Gasteiger partial charge in [-0.05, 0) is 160 Å². The third kappa shape index (κ3) is 20.8. The average Bonchev–Trinajstić information content (AvgIpc) is 3.54. The van der Waals surface area contributed by atoms with E-state index in [1.54, 1.807) is 15.8 Å². The minimum atomic E-state index is 0. The van der Waals surface area contributed by atoms with Crippen molar-refractivity contribution >= 4 is 11.4 Å². The number of aryl methyl sites for hydroxylation is 4. The molecule has 2 aromatic rings. The van der Waals surface area contributed by atoms with Crippen LogP contribution in [-0.4, -0.2) is 30.9 Å². The van der Waals surface area contributed by atoms with Crippen molar-refractivity contribution in [1.82, 2.24) is 0 Å². The molecule has 0 spiro atoms. The Bertz CT molecular complexity index is 1470. The summed E-state index contributed by atoms with van der Waals surface area (Å²) in [5, 5.41) is 7.94. The SMILES string of the molecule is CCCCCC1=C(c2cc(CCCC)c(CCCC)c(CCCC)c2)[N+](=[N-])C(c2cc(CCCC)c(CCCC)c(CCCC)c2)=C1CCCC.CC[N-]CC.CC[N-]CC.[Ni+2]. The van der Waals surface area contributed by atoms with Crippen LogP contribution in [0.4, 0.5) is 0 Å². The van der Waals surface area contributed by atoms with Crippen LogP contribution in [0.25, 0.3) is 27.6 Å². The minimum Gasteiger partial charge on any atom is -0.663 e. The van der Waals surface area contributed by atoms with Crippen molar-refractivity contribution in [3.63, 3.8) is 0 Å². The van der Waals surface area contributed by atoms with Gasteiger partial charge in [-0.25, -0.2) is 4.70 Å². The van der Waals surface area contributed by atoms with Crippen molar-refractivity contribution in [2.75, 3.05) is 26.2 Å². The maximum absolute atomic E-state index is 12.8. The van der Waals surface area contributed by atoms with Crippen molar-refractivity contribution < 1.29 is 21.2 Å². The van der Waals surface area contributed by atoms with Crippen molar-refractivity contribution in [2.45, 2.75) is 244 Å². The fourth-order valence-electron chi connectivity index (χ4n) is 8.72. The molecule has 1 heterocycles. The number of unbranched alkanes of at least 4 members (excludes halogenated alkanes) is 9. The maximum Gasteiger partial charge on any atom is 2.00 e. The van der Waals surface area contributed by atoms with Gasteiger partial charge in [-0.1, -0.05) is 141 Å². The van der Waals surface area contributed by atoms with Crippen LogP contribution in [0.5, 0.6) is 0 Å². The number of hydrogen-bond donors (Lipinski definition) is 0. The Morgan fingerprint density at radius 2 is 0.613 bits per heavy atom. The third-order valence-corrected chi connectivity index (χ3v) is 12.2. The molecule has 0 fully saturated rings.